The highest BCUT2D eigenvalue weighted by Crippen LogP contribution is 2.31. The van der Waals surface area contributed by atoms with E-state index in [0.29, 0.717) is 42.4 Å². The van der Waals surface area contributed by atoms with Gasteiger partial charge in [0.1, 0.15) is 6.54 Å². The number of carbonyl (C=O) groups excluding carboxylic acids is 3. The Morgan fingerprint density at radius 3 is 2.50 bits per heavy atom. The second-order valence-corrected chi connectivity index (χ2v) is 9.36. The van der Waals surface area contributed by atoms with Crippen LogP contribution in [-0.2, 0) is 24.3 Å². The molecule has 3 rings (SSSR count). The lowest BCUT2D eigenvalue weighted by Gasteiger charge is -2.13. The van der Waals surface area contributed by atoms with E-state index < -0.39 is 40.4 Å². The van der Waals surface area contributed by atoms with Crippen LogP contribution in [-0.4, -0.2) is 64.1 Å². The number of Topliss-reactive ketones (excluding diaryl/α,β-unsaturated/α-hetero) is 1. The number of aromatic amines is 1. The highest BCUT2D eigenvalue weighted by atomic mass is 32.2. The second kappa shape index (κ2) is 10.3. The van der Waals surface area contributed by atoms with Crippen molar-refractivity contribution in [2.24, 2.45) is 0 Å². The van der Waals surface area contributed by atoms with Gasteiger partial charge in [0.05, 0.1) is 36.5 Å². The maximum Gasteiger partial charge on any atom is 0.339 e. The van der Waals surface area contributed by atoms with Crippen LogP contribution in [0.1, 0.15) is 45.4 Å². The van der Waals surface area contributed by atoms with Crippen LogP contribution in [0.4, 0.5) is 0 Å². The molecule has 184 valence electrons. The Labute approximate surface area is 196 Å². The first kappa shape index (κ1) is 25.2. The zero-order valence-electron chi connectivity index (χ0n) is 19.2. The Kier molecular flexibility index (Phi) is 7.62. The molecule has 1 aromatic heterocycles. The van der Waals surface area contributed by atoms with Gasteiger partial charge in [-0.3, -0.25) is 9.59 Å². The molecule has 0 radical (unpaired) electrons. The van der Waals surface area contributed by atoms with E-state index in [4.69, 9.17) is 18.9 Å². The number of aryl methyl sites for hydroxylation is 1. The first-order chi connectivity index (χ1) is 16.0. The lowest BCUT2D eigenvalue weighted by atomic mass is 10.1. The molecule has 0 saturated heterocycles. The van der Waals surface area contributed by atoms with Gasteiger partial charge in [-0.05, 0) is 38.5 Å². The Hall–Kier alpha value is -3.38. The van der Waals surface area contributed by atoms with Crippen LogP contribution in [0.2, 0.25) is 0 Å². The van der Waals surface area contributed by atoms with Crippen molar-refractivity contribution in [3.8, 4) is 11.5 Å². The molecule has 0 bridgehead atoms. The summed E-state index contributed by atoms with van der Waals surface area (Å²) in [6.45, 7) is 4.70. The molecule has 1 aliphatic rings. The molecule has 11 nitrogen and oxygen atoms in total. The molecule has 12 heteroatoms. The van der Waals surface area contributed by atoms with Crippen molar-refractivity contribution < 1.29 is 41.7 Å². The number of benzene rings is 1. The predicted octanol–water partition coefficient (Wildman–Crippen LogP) is 1.67. The molecule has 1 aromatic carbocycles. The number of aromatic nitrogens is 1. The van der Waals surface area contributed by atoms with Gasteiger partial charge in [-0.25, -0.2) is 13.2 Å². The Balaban J connectivity index is 1.63. The fraction of sp³-hybridized carbons (Fsp3) is 0.409. The minimum atomic E-state index is -4.06. The van der Waals surface area contributed by atoms with Crippen LogP contribution in [0, 0.1) is 13.8 Å². The first-order valence-electron chi connectivity index (χ1n) is 10.5. The summed E-state index contributed by atoms with van der Waals surface area (Å²) in [6.07, 6.45) is -0.555. The summed E-state index contributed by atoms with van der Waals surface area (Å²) in [5, 5.41) is 0. The maximum absolute atomic E-state index is 12.7. The molecule has 1 aliphatic heterocycles. The zero-order chi connectivity index (χ0) is 25.0. The summed E-state index contributed by atoms with van der Waals surface area (Å²) in [7, 11) is -2.83. The van der Waals surface area contributed by atoms with Gasteiger partial charge in [0.15, 0.2) is 17.6 Å². The lowest BCUT2D eigenvalue weighted by molar-refractivity contribution is -0.144. The van der Waals surface area contributed by atoms with Gasteiger partial charge in [-0.15, -0.1) is 0 Å². The average Bonchev–Trinajstić information content (AvgIpc) is 2.96. The van der Waals surface area contributed by atoms with E-state index in [1.165, 1.54) is 32.2 Å². The van der Waals surface area contributed by atoms with Crippen LogP contribution in [0.3, 0.4) is 0 Å². The van der Waals surface area contributed by atoms with Crippen molar-refractivity contribution in [1.29, 1.82) is 0 Å². The van der Waals surface area contributed by atoms with Crippen molar-refractivity contribution in [2.75, 3.05) is 26.9 Å². The number of nitrogens with one attached hydrogen (secondary N) is 2. The number of H-pyrrole nitrogens is 1. The number of rotatable bonds is 8. The molecule has 0 saturated carbocycles. The van der Waals surface area contributed by atoms with Crippen molar-refractivity contribution in [3.63, 3.8) is 0 Å². The molecule has 2 aromatic rings. The third-order valence-corrected chi connectivity index (χ3v) is 6.59. The van der Waals surface area contributed by atoms with E-state index in [9.17, 15) is 22.8 Å². The normalized spacial score (nSPS) is 14.1. The van der Waals surface area contributed by atoms with E-state index >= 15 is 0 Å². The second-order valence-electron chi connectivity index (χ2n) is 7.60. The Morgan fingerprint density at radius 2 is 1.82 bits per heavy atom. The number of hydrogen-bond acceptors (Lipinski definition) is 9. The Bertz CT molecular complexity index is 1220. The maximum atomic E-state index is 12.7. The molecular formula is C22H26N2O9S. The molecule has 1 atom stereocenters. The lowest BCUT2D eigenvalue weighted by Crippen LogP contribution is -2.34. The largest absolute Gasteiger partial charge is 0.490 e. The highest BCUT2D eigenvalue weighted by molar-refractivity contribution is 7.89. The fourth-order valence-electron chi connectivity index (χ4n) is 3.45. The van der Waals surface area contributed by atoms with Crippen LogP contribution < -0.4 is 14.2 Å². The van der Waals surface area contributed by atoms with E-state index in [2.05, 4.69) is 9.71 Å². The minimum absolute atomic E-state index is 0.103. The van der Waals surface area contributed by atoms with Crippen molar-refractivity contribution in [2.45, 2.75) is 38.2 Å². The number of carbonyl (C=O) groups is 3. The van der Waals surface area contributed by atoms with E-state index in [1.54, 1.807) is 13.8 Å². The number of hydrogen-bond donors (Lipinski definition) is 2. The summed E-state index contributed by atoms with van der Waals surface area (Å²) in [5.41, 5.74) is 1.14. The summed E-state index contributed by atoms with van der Waals surface area (Å²) in [5.74, 6) is -1.39. The summed E-state index contributed by atoms with van der Waals surface area (Å²) in [6, 6.07) is 4.13. The number of methoxy groups -OCH3 is 1. The molecule has 34 heavy (non-hydrogen) atoms. The van der Waals surface area contributed by atoms with Crippen molar-refractivity contribution in [3.05, 3.63) is 40.7 Å². The third kappa shape index (κ3) is 5.39. The van der Waals surface area contributed by atoms with Crippen LogP contribution >= 0.6 is 0 Å². The van der Waals surface area contributed by atoms with Gasteiger partial charge < -0.3 is 23.9 Å². The van der Waals surface area contributed by atoms with Gasteiger partial charge in [-0.2, -0.15) is 4.72 Å². The number of fused-ring (bicyclic) bond motifs is 1. The van der Waals surface area contributed by atoms with E-state index in [-0.39, 0.29) is 16.2 Å². The summed E-state index contributed by atoms with van der Waals surface area (Å²) >= 11 is 0. The SMILES string of the molecule is COC(=O)c1c(C)[nH]c(C(=O)[C@H](C)OC(=O)CNS(=O)(=O)c2ccc3c(c2)OCCCO3)c1C. The quantitative estimate of drug-likeness (QED) is 0.413. The zero-order valence-corrected chi connectivity index (χ0v) is 20.0. The number of ether oxygens (including phenoxy) is 4. The number of sulfonamides is 1. The minimum Gasteiger partial charge on any atom is -0.490 e. The van der Waals surface area contributed by atoms with Crippen molar-refractivity contribution in [1.82, 2.24) is 9.71 Å². The van der Waals surface area contributed by atoms with E-state index in [0.717, 1.165) is 0 Å². The van der Waals surface area contributed by atoms with Gasteiger partial charge >= 0.3 is 11.9 Å². The average molecular weight is 495 g/mol. The molecule has 0 amide bonds. The van der Waals surface area contributed by atoms with Gasteiger partial charge in [-0.1, -0.05) is 0 Å². The molecular weight excluding hydrogens is 468 g/mol. The first-order valence-corrected chi connectivity index (χ1v) is 11.9. The molecule has 0 fully saturated rings. The summed E-state index contributed by atoms with van der Waals surface area (Å²) in [4.78, 5) is 39.6. The third-order valence-electron chi connectivity index (χ3n) is 5.19. The fourth-order valence-corrected chi connectivity index (χ4v) is 4.43. The number of ketones is 1. The standard InChI is InChI=1S/C22H26N2O9S/c1-12-19(22(27)30-4)13(2)24-20(12)21(26)14(3)33-18(25)11-23-34(28,29)15-6-7-16-17(10-15)32-9-5-8-31-16/h6-7,10,14,23-24H,5,8-9,11H2,1-4H3/t14-/m0/s1. The van der Waals surface area contributed by atoms with Crippen LogP contribution in [0.25, 0.3) is 0 Å². The van der Waals surface area contributed by atoms with Gasteiger partial charge in [0.25, 0.3) is 0 Å². The van der Waals surface area contributed by atoms with Gasteiger partial charge in [0, 0.05) is 18.2 Å². The molecule has 0 aliphatic carbocycles. The Morgan fingerprint density at radius 1 is 1.15 bits per heavy atom. The van der Waals surface area contributed by atoms with Crippen molar-refractivity contribution >= 4 is 27.7 Å². The van der Waals surface area contributed by atoms with Crippen LogP contribution in [0.5, 0.6) is 11.5 Å². The van der Waals surface area contributed by atoms with E-state index in [1.807, 2.05) is 0 Å². The molecule has 0 unspecified atom stereocenters. The topological polar surface area (TPSA) is 150 Å². The van der Waals surface area contributed by atoms with Crippen LogP contribution in [0.15, 0.2) is 23.1 Å². The molecule has 2 N–H and O–H groups in total. The smallest absolute Gasteiger partial charge is 0.339 e. The summed E-state index contributed by atoms with van der Waals surface area (Å²) < 4.78 is 48.1. The number of esters is 2. The molecule has 0 spiro atoms. The van der Waals surface area contributed by atoms with Gasteiger partial charge in [0.2, 0.25) is 15.8 Å². The highest BCUT2D eigenvalue weighted by Gasteiger charge is 2.28. The monoisotopic (exact) mass is 494 g/mol. The molecule has 2 heterocycles. The predicted molar refractivity (Wildman–Crippen MR) is 119 cm³/mol.